The molecule has 0 amide bonds. The minimum absolute atomic E-state index is 0.700. The summed E-state index contributed by atoms with van der Waals surface area (Å²) in [5, 5.41) is 0. The number of pyridine rings is 1. The topological polar surface area (TPSA) is 41.6 Å². The lowest BCUT2D eigenvalue weighted by atomic mass is 10.0. The molecule has 88 valence electrons. The molecule has 2 heterocycles. The highest BCUT2D eigenvalue weighted by molar-refractivity contribution is 5.74. The van der Waals surface area contributed by atoms with E-state index >= 15 is 0 Å². The second-order valence-corrected chi connectivity index (χ2v) is 5.59. The summed E-state index contributed by atoms with van der Waals surface area (Å²) < 4.78 is 0. The zero-order valence-electron chi connectivity index (χ0n) is 10.1. The van der Waals surface area contributed by atoms with Gasteiger partial charge in [-0.2, -0.15) is 0 Å². The van der Waals surface area contributed by atoms with Crippen molar-refractivity contribution < 1.29 is 0 Å². The van der Waals surface area contributed by atoms with Gasteiger partial charge in [-0.1, -0.05) is 12.8 Å². The Morgan fingerprint density at radius 2 is 2.00 bits per heavy atom. The van der Waals surface area contributed by atoms with Crippen molar-refractivity contribution in [2.75, 3.05) is 0 Å². The molecule has 3 nitrogen and oxygen atoms in total. The third-order valence-electron chi connectivity index (χ3n) is 4.59. The molecule has 0 aliphatic heterocycles. The van der Waals surface area contributed by atoms with Gasteiger partial charge in [0.15, 0.2) is 5.65 Å². The summed E-state index contributed by atoms with van der Waals surface area (Å²) >= 11 is 0. The molecule has 2 aliphatic rings. The quantitative estimate of drug-likeness (QED) is 0.813. The van der Waals surface area contributed by atoms with Crippen LogP contribution < -0.4 is 0 Å². The molecule has 17 heavy (non-hydrogen) atoms. The third-order valence-corrected chi connectivity index (χ3v) is 4.59. The van der Waals surface area contributed by atoms with Crippen LogP contribution in [0.1, 0.15) is 43.0 Å². The van der Waals surface area contributed by atoms with Crippen molar-refractivity contribution in [3.63, 3.8) is 0 Å². The van der Waals surface area contributed by atoms with Gasteiger partial charge in [-0.25, -0.2) is 9.97 Å². The lowest BCUT2D eigenvalue weighted by molar-refractivity contribution is 0.480. The van der Waals surface area contributed by atoms with Crippen LogP contribution in [-0.2, 0) is 0 Å². The number of aromatic amines is 1. The largest absolute Gasteiger partial charge is 0.340 e. The molecular formula is C14H17N3. The minimum atomic E-state index is 0.700. The van der Waals surface area contributed by atoms with Gasteiger partial charge >= 0.3 is 0 Å². The number of fused-ring (bicyclic) bond motifs is 2. The Labute approximate surface area is 101 Å². The summed E-state index contributed by atoms with van der Waals surface area (Å²) in [4.78, 5) is 12.5. The van der Waals surface area contributed by atoms with E-state index < -0.39 is 0 Å². The fraction of sp³-hybridized carbons (Fsp3) is 0.571. The van der Waals surface area contributed by atoms with Crippen LogP contribution in [0.4, 0.5) is 0 Å². The standard InChI is InChI=1S/C14H17N3/c1-8-6-7-15-14-12(8)16-13(17-14)11-9-4-2-3-5-10(9)11/h6-7,9-11H,2-5H2,1H3,(H,15,16,17). The van der Waals surface area contributed by atoms with E-state index in [0.29, 0.717) is 5.92 Å². The van der Waals surface area contributed by atoms with Crippen LogP contribution in [-0.4, -0.2) is 15.0 Å². The van der Waals surface area contributed by atoms with E-state index in [1.165, 1.54) is 37.1 Å². The zero-order valence-corrected chi connectivity index (χ0v) is 10.1. The Morgan fingerprint density at radius 1 is 1.24 bits per heavy atom. The molecule has 0 radical (unpaired) electrons. The average Bonchev–Trinajstić information content (AvgIpc) is 2.91. The van der Waals surface area contributed by atoms with E-state index in [9.17, 15) is 0 Å². The molecule has 3 heteroatoms. The van der Waals surface area contributed by atoms with Crippen LogP contribution in [0.5, 0.6) is 0 Å². The number of imidazole rings is 1. The smallest absolute Gasteiger partial charge is 0.177 e. The number of nitrogens with zero attached hydrogens (tertiary/aromatic N) is 2. The summed E-state index contributed by atoms with van der Waals surface area (Å²) in [6, 6.07) is 2.05. The van der Waals surface area contributed by atoms with Crippen molar-refractivity contribution in [1.82, 2.24) is 15.0 Å². The first-order valence-corrected chi connectivity index (χ1v) is 6.66. The Balaban J connectivity index is 1.75. The van der Waals surface area contributed by atoms with Crippen LogP contribution >= 0.6 is 0 Å². The summed E-state index contributed by atoms with van der Waals surface area (Å²) in [6.45, 7) is 2.12. The Bertz CT molecular complexity index is 560. The molecule has 0 bridgehead atoms. The van der Waals surface area contributed by atoms with Gasteiger partial charge in [-0.3, -0.25) is 0 Å². The molecule has 2 fully saturated rings. The van der Waals surface area contributed by atoms with Crippen molar-refractivity contribution in [3.05, 3.63) is 23.7 Å². The van der Waals surface area contributed by atoms with Gasteiger partial charge in [0.05, 0.1) is 5.52 Å². The maximum absolute atomic E-state index is 4.69. The molecule has 2 saturated carbocycles. The molecule has 0 aromatic carbocycles. The Morgan fingerprint density at radius 3 is 2.71 bits per heavy atom. The molecule has 2 aromatic rings. The van der Waals surface area contributed by atoms with E-state index in [2.05, 4.69) is 16.9 Å². The summed E-state index contributed by atoms with van der Waals surface area (Å²) in [5.41, 5.74) is 3.27. The summed E-state index contributed by atoms with van der Waals surface area (Å²) in [5.74, 6) is 3.71. The maximum atomic E-state index is 4.69. The van der Waals surface area contributed by atoms with Crippen LogP contribution in [0.2, 0.25) is 0 Å². The predicted octanol–water partition coefficient (Wildman–Crippen LogP) is 3.17. The van der Waals surface area contributed by atoms with Crippen LogP contribution in [0.25, 0.3) is 11.2 Å². The second-order valence-electron chi connectivity index (χ2n) is 5.59. The van der Waals surface area contributed by atoms with E-state index in [-0.39, 0.29) is 0 Å². The number of H-pyrrole nitrogens is 1. The third kappa shape index (κ3) is 1.34. The summed E-state index contributed by atoms with van der Waals surface area (Å²) in [7, 11) is 0. The Hall–Kier alpha value is -1.38. The zero-order chi connectivity index (χ0) is 11.4. The molecular weight excluding hydrogens is 210 g/mol. The number of hydrogen-bond donors (Lipinski definition) is 1. The molecule has 2 aliphatic carbocycles. The molecule has 2 aromatic heterocycles. The van der Waals surface area contributed by atoms with E-state index in [0.717, 1.165) is 23.0 Å². The van der Waals surface area contributed by atoms with Crippen LogP contribution in [0.15, 0.2) is 12.3 Å². The summed E-state index contributed by atoms with van der Waals surface area (Å²) in [6.07, 6.45) is 7.48. The average molecular weight is 227 g/mol. The van der Waals surface area contributed by atoms with Crippen molar-refractivity contribution in [1.29, 1.82) is 0 Å². The highest BCUT2D eigenvalue weighted by atomic mass is 15.0. The van der Waals surface area contributed by atoms with E-state index in [1.54, 1.807) is 0 Å². The lowest BCUT2D eigenvalue weighted by Gasteiger charge is -2.04. The van der Waals surface area contributed by atoms with Crippen LogP contribution in [0.3, 0.4) is 0 Å². The maximum Gasteiger partial charge on any atom is 0.177 e. The van der Waals surface area contributed by atoms with Gasteiger partial charge in [0.25, 0.3) is 0 Å². The molecule has 1 N–H and O–H groups in total. The SMILES string of the molecule is Cc1ccnc2nc(C3C4CCCCC43)[nH]c12. The number of hydrogen-bond acceptors (Lipinski definition) is 2. The molecule has 0 spiro atoms. The van der Waals surface area contributed by atoms with E-state index in [4.69, 9.17) is 4.98 Å². The van der Waals surface area contributed by atoms with Gasteiger partial charge in [0, 0.05) is 12.1 Å². The first-order valence-electron chi connectivity index (χ1n) is 6.66. The van der Waals surface area contributed by atoms with Crippen molar-refractivity contribution >= 4 is 11.2 Å². The molecule has 2 atom stereocenters. The van der Waals surface area contributed by atoms with Crippen molar-refractivity contribution in [2.24, 2.45) is 11.8 Å². The highest BCUT2D eigenvalue weighted by Gasteiger charge is 2.52. The first-order chi connectivity index (χ1) is 8.34. The predicted molar refractivity (Wildman–Crippen MR) is 66.8 cm³/mol. The van der Waals surface area contributed by atoms with Crippen molar-refractivity contribution in [3.8, 4) is 0 Å². The first kappa shape index (κ1) is 9.63. The van der Waals surface area contributed by atoms with Gasteiger partial charge in [-0.15, -0.1) is 0 Å². The van der Waals surface area contributed by atoms with Gasteiger partial charge in [0.1, 0.15) is 5.82 Å². The van der Waals surface area contributed by atoms with Gasteiger partial charge in [-0.05, 0) is 43.2 Å². The minimum Gasteiger partial charge on any atom is -0.340 e. The number of rotatable bonds is 1. The number of nitrogens with one attached hydrogen (secondary N) is 1. The van der Waals surface area contributed by atoms with E-state index in [1.807, 2.05) is 12.3 Å². The highest BCUT2D eigenvalue weighted by Crippen LogP contribution is 2.60. The molecule has 2 unspecified atom stereocenters. The normalized spacial score (nSPS) is 31.5. The molecule has 0 saturated heterocycles. The second kappa shape index (κ2) is 3.31. The fourth-order valence-electron chi connectivity index (χ4n) is 3.61. The fourth-order valence-corrected chi connectivity index (χ4v) is 3.61. The molecule has 4 rings (SSSR count). The Kier molecular flexibility index (Phi) is 1.88. The van der Waals surface area contributed by atoms with Crippen LogP contribution in [0, 0.1) is 18.8 Å². The van der Waals surface area contributed by atoms with Gasteiger partial charge in [0.2, 0.25) is 0 Å². The lowest BCUT2D eigenvalue weighted by Crippen LogP contribution is -1.91. The monoisotopic (exact) mass is 227 g/mol. The van der Waals surface area contributed by atoms with Gasteiger partial charge < -0.3 is 4.98 Å². The van der Waals surface area contributed by atoms with Crippen molar-refractivity contribution in [2.45, 2.75) is 38.5 Å². The number of aromatic nitrogens is 3. The number of aryl methyl sites for hydroxylation is 1.